The Kier molecular flexibility index (Phi) is 4.88. The molecule has 2 aromatic rings. The molecule has 2 rings (SSSR count). The van der Waals surface area contributed by atoms with Gasteiger partial charge in [0.1, 0.15) is 5.75 Å². The number of ether oxygens (including phenoxy) is 2. The molecule has 0 aromatic heterocycles. The lowest BCUT2D eigenvalue weighted by molar-refractivity contribution is -0.138. The fraction of sp³-hybridized carbons (Fsp3) is 0.235. The highest BCUT2D eigenvalue weighted by Gasteiger charge is 2.23. The SMILES string of the molecule is COc1cccc(C(Cc2cccc(OC)c2O)C(=O)O)c1. The van der Waals surface area contributed by atoms with Crippen molar-refractivity contribution < 1.29 is 24.5 Å². The van der Waals surface area contributed by atoms with Crippen LogP contribution in [0.4, 0.5) is 0 Å². The Morgan fingerprint density at radius 2 is 1.86 bits per heavy atom. The summed E-state index contributed by atoms with van der Waals surface area (Å²) in [6.07, 6.45) is 0.158. The van der Waals surface area contributed by atoms with E-state index in [9.17, 15) is 15.0 Å². The number of aliphatic carboxylic acids is 1. The van der Waals surface area contributed by atoms with E-state index in [1.807, 2.05) is 0 Å². The zero-order valence-electron chi connectivity index (χ0n) is 12.4. The molecule has 0 bridgehead atoms. The van der Waals surface area contributed by atoms with Crippen molar-refractivity contribution in [2.45, 2.75) is 12.3 Å². The van der Waals surface area contributed by atoms with Crippen LogP contribution in [-0.2, 0) is 11.2 Å². The molecule has 0 aliphatic rings. The first-order valence-electron chi connectivity index (χ1n) is 6.78. The molecule has 0 radical (unpaired) electrons. The van der Waals surface area contributed by atoms with Crippen molar-refractivity contribution in [3.63, 3.8) is 0 Å². The molecule has 5 nitrogen and oxygen atoms in total. The maximum Gasteiger partial charge on any atom is 0.311 e. The fourth-order valence-corrected chi connectivity index (χ4v) is 2.32. The first-order chi connectivity index (χ1) is 10.6. The molecule has 22 heavy (non-hydrogen) atoms. The molecular formula is C17H18O5. The largest absolute Gasteiger partial charge is 0.504 e. The number of phenolic OH excluding ortho intramolecular Hbond substituents is 1. The first kappa shape index (κ1) is 15.7. The van der Waals surface area contributed by atoms with Gasteiger partial charge in [-0.1, -0.05) is 24.3 Å². The van der Waals surface area contributed by atoms with Gasteiger partial charge in [0.25, 0.3) is 0 Å². The van der Waals surface area contributed by atoms with Crippen LogP contribution in [-0.4, -0.2) is 30.4 Å². The van der Waals surface area contributed by atoms with Crippen molar-refractivity contribution in [3.05, 3.63) is 53.6 Å². The number of carboxylic acid groups (broad SMARTS) is 1. The minimum Gasteiger partial charge on any atom is -0.504 e. The highest BCUT2D eigenvalue weighted by molar-refractivity contribution is 5.77. The number of carboxylic acids is 1. The number of phenols is 1. The van der Waals surface area contributed by atoms with Crippen LogP contribution >= 0.6 is 0 Å². The normalized spacial score (nSPS) is 11.7. The average Bonchev–Trinajstić information content (AvgIpc) is 2.53. The molecule has 0 aliphatic heterocycles. The zero-order valence-corrected chi connectivity index (χ0v) is 12.4. The number of benzene rings is 2. The lowest BCUT2D eigenvalue weighted by Crippen LogP contribution is -2.14. The average molecular weight is 302 g/mol. The Morgan fingerprint density at radius 1 is 1.14 bits per heavy atom. The Balaban J connectivity index is 2.35. The van der Waals surface area contributed by atoms with E-state index < -0.39 is 11.9 Å². The molecule has 0 fully saturated rings. The minimum atomic E-state index is -0.963. The summed E-state index contributed by atoms with van der Waals surface area (Å²) < 4.78 is 10.2. The summed E-state index contributed by atoms with van der Waals surface area (Å²) in [6.45, 7) is 0. The van der Waals surface area contributed by atoms with Gasteiger partial charge in [0, 0.05) is 0 Å². The van der Waals surface area contributed by atoms with Crippen molar-refractivity contribution in [1.29, 1.82) is 0 Å². The van der Waals surface area contributed by atoms with Crippen LogP contribution < -0.4 is 9.47 Å². The highest BCUT2D eigenvalue weighted by Crippen LogP contribution is 2.33. The van der Waals surface area contributed by atoms with Crippen LogP contribution in [0.25, 0.3) is 0 Å². The maximum absolute atomic E-state index is 11.6. The molecule has 0 saturated carbocycles. The van der Waals surface area contributed by atoms with Crippen molar-refractivity contribution in [2.24, 2.45) is 0 Å². The summed E-state index contributed by atoms with van der Waals surface area (Å²) in [6, 6.07) is 12.0. The monoisotopic (exact) mass is 302 g/mol. The number of rotatable bonds is 6. The van der Waals surface area contributed by atoms with Gasteiger partial charge in [-0.2, -0.15) is 0 Å². The summed E-state index contributed by atoms with van der Waals surface area (Å²) >= 11 is 0. The van der Waals surface area contributed by atoms with Gasteiger partial charge in [-0.3, -0.25) is 4.79 Å². The second-order valence-electron chi connectivity index (χ2n) is 4.84. The van der Waals surface area contributed by atoms with Crippen molar-refractivity contribution in [1.82, 2.24) is 0 Å². The molecule has 0 saturated heterocycles. The van der Waals surface area contributed by atoms with Gasteiger partial charge in [0.2, 0.25) is 0 Å². The van der Waals surface area contributed by atoms with Gasteiger partial charge in [0.15, 0.2) is 11.5 Å². The minimum absolute atomic E-state index is 0.0286. The lowest BCUT2D eigenvalue weighted by Gasteiger charge is -2.15. The fourth-order valence-electron chi connectivity index (χ4n) is 2.32. The smallest absolute Gasteiger partial charge is 0.311 e. The van der Waals surface area contributed by atoms with Crippen molar-refractivity contribution in [3.8, 4) is 17.2 Å². The lowest BCUT2D eigenvalue weighted by atomic mass is 9.91. The van der Waals surface area contributed by atoms with Crippen LogP contribution in [0.1, 0.15) is 17.0 Å². The summed E-state index contributed by atoms with van der Waals surface area (Å²) in [5.74, 6) is -0.853. The van der Waals surface area contributed by atoms with Crippen LogP contribution in [0.3, 0.4) is 0 Å². The van der Waals surface area contributed by atoms with E-state index in [2.05, 4.69) is 0 Å². The van der Waals surface area contributed by atoms with Gasteiger partial charge in [-0.05, 0) is 35.7 Å². The summed E-state index contributed by atoms with van der Waals surface area (Å²) in [5, 5.41) is 19.6. The molecule has 0 heterocycles. The number of carbonyl (C=O) groups is 1. The Morgan fingerprint density at radius 3 is 2.50 bits per heavy atom. The zero-order chi connectivity index (χ0) is 16.1. The molecular weight excluding hydrogens is 284 g/mol. The molecule has 0 spiro atoms. The number of hydrogen-bond acceptors (Lipinski definition) is 4. The Labute approximate surface area is 128 Å². The Bertz CT molecular complexity index is 666. The summed E-state index contributed by atoms with van der Waals surface area (Å²) in [4.78, 5) is 11.6. The van der Waals surface area contributed by atoms with Crippen LogP contribution in [0.2, 0.25) is 0 Å². The molecule has 1 atom stereocenters. The van der Waals surface area contributed by atoms with Crippen LogP contribution in [0.5, 0.6) is 17.2 Å². The molecule has 1 unspecified atom stereocenters. The molecule has 5 heteroatoms. The van der Waals surface area contributed by atoms with Gasteiger partial charge in [-0.25, -0.2) is 0 Å². The highest BCUT2D eigenvalue weighted by atomic mass is 16.5. The van der Waals surface area contributed by atoms with E-state index in [0.717, 1.165) is 0 Å². The summed E-state index contributed by atoms with van der Waals surface area (Å²) in [7, 11) is 2.98. The second kappa shape index (κ2) is 6.85. The summed E-state index contributed by atoms with van der Waals surface area (Å²) in [5.41, 5.74) is 1.14. The predicted molar refractivity (Wildman–Crippen MR) is 81.7 cm³/mol. The molecule has 116 valence electrons. The standard InChI is InChI=1S/C17H18O5/c1-21-13-7-3-5-11(9-13)14(17(19)20)10-12-6-4-8-15(22-2)16(12)18/h3-9,14,18H,10H2,1-2H3,(H,19,20). The van der Waals surface area contributed by atoms with Gasteiger partial charge < -0.3 is 19.7 Å². The Hall–Kier alpha value is -2.69. The quantitative estimate of drug-likeness (QED) is 0.858. The second-order valence-corrected chi connectivity index (χ2v) is 4.84. The van der Waals surface area contributed by atoms with E-state index in [4.69, 9.17) is 9.47 Å². The maximum atomic E-state index is 11.6. The van der Waals surface area contributed by atoms with Crippen molar-refractivity contribution in [2.75, 3.05) is 14.2 Å². The number of methoxy groups -OCH3 is 2. The molecule has 2 N–H and O–H groups in total. The van der Waals surface area contributed by atoms with E-state index in [1.165, 1.54) is 14.2 Å². The topological polar surface area (TPSA) is 76.0 Å². The third-order valence-electron chi connectivity index (χ3n) is 3.52. The van der Waals surface area contributed by atoms with Gasteiger partial charge >= 0.3 is 5.97 Å². The van der Waals surface area contributed by atoms with E-state index in [0.29, 0.717) is 22.6 Å². The third kappa shape index (κ3) is 3.31. The van der Waals surface area contributed by atoms with E-state index >= 15 is 0 Å². The number of hydrogen-bond donors (Lipinski definition) is 2. The van der Waals surface area contributed by atoms with E-state index in [-0.39, 0.29) is 12.2 Å². The van der Waals surface area contributed by atoms with Gasteiger partial charge in [0.05, 0.1) is 20.1 Å². The van der Waals surface area contributed by atoms with Crippen LogP contribution in [0.15, 0.2) is 42.5 Å². The van der Waals surface area contributed by atoms with E-state index in [1.54, 1.807) is 42.5 Å². The van der Waals surface area contributed by atoms with Crippen LogP contribution in [0, 0.1) is 0 Å². The molecule has 2 aromatic carbocycles. The number of aromatic hydroxyl groups is 1. The third-order valence-corrected chi connectivity index (χ3v) is 3.52. The van der Waals surface area contributed by atoms with Crippen molar-refractivity contribution >= 4 is 5.97 Å². The molecule has 0 aliphatic carbocycles. The van der Waals surface area contributed by atoms with Gasteiger partial charge in [-0.15, -0.1) is 0 Å². The predicted octanol–water partition coefficient (Wildman–Crippen LogP) is 2.82. The first-order valence-corrected chi connectivity index (χ1v) is 6.78. The molecule has 0 amide bonds. The number of para-hydroxylation sites is 1.